The van der Waals surface area contributed by atoms with Gasteiger partial charge in [0.1, 0.15) is 5.75 Å². The summed E-state index contributed by atoms with van der Waals surface area (Å²) in [4.78, 5) is 23.6. The van der Waals surface area contributed by atoms with Gasteiger partial charge in [0, 0.05) is 4.47 Å². The molecule has 0 aliphatic rings. The third kappa shape index (κ3) is 4.97. The topological polar surface area (TPSA) is 67.4 Å². The highest BCUT2D eigenvalue weighted by atomic mass is 79.9. The Labute approximate surface area is 147 Å². The van der Waals surface area contributed by atoms with Crippen LogP contribution in [0.4, 0.5) is 0 Å². The normalized spacial score (nSPS) is 10.0. The zero-order valence-electron chi connectivity index (χ0n) is 12.2. The fraction of sp³-hybridized carbons (Fsp3) is 0.125. The van der Waals surface area contributed by atoms with Gasteiger partial charge in [-0.15, -0.1) is 0 Å². The van der Waals surface area contributed by atoms with Crippen LogP contribution in [0.2, 0.25) is 5.02 Å². The number of amides is 2. The van der Waals surface area contributed by atoms with Gasteiger partial charge in [-0.2, -0.15) is 0 Å². The Kier molecular flexibility index (Phi) is 6.01. The second-order valence-electron chi connectivity index (χ2n) is 4.68. The smallest absolute Gasteiger partial charge is 0.276 e. The van der Waals surface area contributed by atoms with Crippen LogP contribution in [0.5, 0.6) is 5.75 Å². The van der Waals surface area contributed by atoms with Gasteiger partial charge < -0.3 is 4.74 Å². The van der Waals surface area contributed by atoms with E-state index in [0.717, 1.165) is 10.0 Å². The van der Waals surface area contributed by atoms with Crippen LogP contribution in [0.3, 0.4) is 0 Å². The van der Waals surface area contributed by atoms with E-state index in [9.17, 15) is 9.59 Å². The van der Waals surface area contributed by atoms with E-state index in [1.807, 2.05) is 13.0 Å². The van der Waals surface area contributed by atoms with E-state index >= 15 is 0 Å². The second-order valence-corrected chi connectivity index (χ2v) is 5.94. The van der Waals surface area contributed by atoms with Crippen LogP contribution < -0.4 is 15.6 Å². The summed E-state index contributed by atoms with van der Waals surface area (Å²) in [5.74, 6) is -0.410. The number of ether oxygens (including phenoxy) is 1. The van der Waals surface area contributed by atoms with Gasteiger partial charge in [0.15, 0.2) is 6.61 Å². The Hall–Kier alpha value is -2.05. The minimum atomic E-state index is -0.497. The van der Waals surface area contributed by atoms with Crippen molar-refractivity contribution in [2.24, 2.45) is 0 Å². The maximum absolute atomic E-state index is 11.9. The van der Waals surface area contributed by atoms with E-state index in [1.165, 1.54) is 0 Å². The number of aryl methyl sites for hydroxylation is 1. The van der Waals surface area contributed by atoms with Crippen LogP contribution in [0, 0.1) is 6.92 Å². The minimum Gasteiger partial charge on any atom is -0.484 e. The Balaban J connectivity index is 1.82. The molecule has 0 spiro atoms. The van der Waals surface area contributed by atoms with Gasteiger partial charge in [-0.05, 0) is 42.8 Å². The predicted octanol–water partition coefficient (Wildman–Crippen LogP) is 3.25. The monoisotopic (exact) mass is 396 g/mol. The third-order valence-corrected chi connectivity index (χ3v) is 4.15. The summed E-state index contributed by atoms with van der Waals surface area (Å²) in [5, 5.41) is 0.306. The Bertz CT molecular complexity index is 737. The molecule has 5 nitrogen and oxygen atoms in total. The molecule has 0 atom stereocenters. The van der Waals surface area contributed by atoms with Crippen molar-refractivity contribution in [2.45, 2.75) is 6.92 Å². The van der Waals surface area contributed by atoms with Gasteiger partial charge in [0.2, 0.25) is 0 Å². The molecule has 0 bridgehead atoms. The van der Waals surface area contributed by atoms with Crippen molar-refractivity contribution in [1.82, 2.24) is 10.9 Å². The van der Waals surface area contributed by atoms with Crippen LogP contribution in [0.1, 0.15) is 15.9 Å². The van der Waals surface area contributed by atoms with Crippen LogP contribution in [-0.2, 0) is 4.79 Å². The van der Waals surface area contributed by atoms with Gasteiger partial charge in [-0.25, -0.2) is 0 Å². The molecule has 7 heteroatoms. The molecule has 0 aliphatic carbocycles. The van der Waals surface area contributed by atoms with Gasteiger partial charge >= 0.3 is 0 Å². The predicted molar refractivity (Wildman–Crippen MR) is 91.4 cm³/mol. The molecule has 0 heterocycles. The number of hydrogen-bond donors (Lipinski definition) is 2. The fourth-order valence-electron chi connectivity index (χ4n) is 1.73. The van der Waals surface area contributed by atoms with Crippen LogP contribution in [0.15, 0.2) is 46.9 Å². The first-order valence-corrected chi connectivity index (χ1v) is 7.87. The Morgan fingerprint density at radius 1 is 1.17 bits per heavy atom. The molecular formula is C16H14BrClN2O3. The first-order chi connectivity index (χ1) is 11.0. The first-order valence-electron chi connectivity index (χ1n) is 6.70. The average Bonchev–Trinajstić information content (AvgIpc) is 2.54. The van der Waals surface area contributed by atoms with E-state index in [1.54, 1.807) is 36.4 Å². The molecule has 0 unspecified atom stereocenters. The zero-order valence-corrected chi connectivity index (χ0v) is 14.6. The standard InChI is InChI=1S/C16H14BrClN2O3/c1-10-8-11(6-7-13(10)17)23-9-15(21)19-20-16(22)12-4-2-3-5-14(12)18/h2-8H,9H2,1H3,(H,19,21)(H,20,22). The van der Waals surface area contributed by atoms with E-state index in [0.29, 0.717) is 10.8 Å². The molecule has 2 amide bonds. The molecule has 2 aromatic rings. The number of hydrazine groups is 1. The number of benzene rings is 2. The average molecular weight is 398 g/mol. The number of carbonyl (C=O) groups is 2. The van der Waals surface area contributed by atoms with Crippen molar-refractivity contribution in [2.75, 3.05) is 6.61 Å². The Morgan fingerprint density at radius 2 is 1.91 bits per heavy atom. The molecule has 2 aromatic carbocycles. The van der Waals surface area contributed by atoms with Crippen LogP contribution >= 0.6 is 27.5 Å². The highest BCUT2D eigenvalue weighted by molar-refractivity contribution is 9.10. The lowest BCUT2D eigenvalue weighted by molar-refractivity contribution is -0.123. The number of hydrogen-bond acceptors (Lipinski definition) is 3. The largest absolute Gasteiger partial charge is 0.484 e. The summed E-state index contributed by atoms with van der Waals surface area (Å²) in [5.41, 5.74) is 5.83. The van der Waals surface area contributed by atoms with Gasteiger partial charge in [0.25, 0.3) is 11.8 Å². The zero-order chi connectivity index (χ0) is 16.8. The van der Waals surface area contributed by atoms with E-state index in [4.69, 9.17) is 16.3 Å². The van der Waals surface area contributed by atoms with E-state index in [-0.39, 0.29) is 12.2 Å². The Morgan fingerprint density at radius 3 is 2.61 bits per heavy atom. The van der Waals surface area contributed by atoms with Crippen molar-refractivity contribution in [3.8, 4) is 5.75 Å². The van der Waals surface area contributed by atoms with Crippen LogP contribution in [0.25, 0.3) is 0 Å². The molecular weight excluding hydrogens is 384 g/mol. The SMILES string of the molecule is Cc1cc(OCC(=O)NNC(=O)c2ccccc2Cl)ccc1Br. The fourth-order valence-corrected chi connectivity index (χ4v) is 2.20. The number of halogens is 2. The van der Waals surface area contributed by atoms with Gasteiger partial charge in [0.05, 0.1) is 10.6 Å². The van der Waals surface area contributed by atoms with Crippen molar-refractivity contribution in [1.29, 1.82) is 0 Å². The number of carbonyl (C=O) groups excluding carboxylic acids is 2. The molecule has 23 heavy (non-hydrogen) atoms. The molecule has 0 fully saturated rings. The van der Waals surface area contributed by atoms with Crippen molar-refractivity contribution >= 4 is 39.3 Å². The quantitative estimate of drug-likeness (QED) is 0.778. The highest BCUT2D eigenvalue weighted by Crippen LogP contribution is 2.21. The minimum absolute atomic E-state index is 0.218. The highest BCUT2D eigenvalue weighted by Gasteiger charge is 2.10. The van der Waals surface area contributed by atoms with E-state index in [2.05, 4.69) is 26.8 Å². The molecule has 2 rings (SSSR count). The molecule has 120 valence electrons. The summed E-state index contributed by atoms with van der Waals surface area (Å²) < 4.78 is 6.31. The van der Waals surface area contributed by atoms with Crippen molar-refractivity contribution in [3.05, 3.63) is 63.1 Å². The molecule has 0 radical (unpaired) electrons. The summed E-state index contributed by atoms with van der Waals surface area (Å²) in [6, 6.07) is 11.9. The van der Waals surface area contributed by atoms with Gasteiger partial charge in [-0.1, -0.05) is 39.7 Å². The lowest BCUT2D eigenvalue weighted by Crippen LogP contribution is -2.43. The number of nitrogens with one attached hydrogen (secondary N) is 2. The summed E-state index contributed by atoms with van der Waals surface area (Å²) >= 11 is 9.29. The summed E-state index contributed by atoms with van der Waals surface area (Å²) in [6.07, 6.45) is 0. The summed E-state index contributed by atoms with van der Waals surface area (Å²) in [6.45, 7) is 1.70. The van der Waals surface area contributed by atoms with Crippen molar-refractivity contribution < 1.29 is 14.3 Å². The second kappa shape index (κ2) is 7.99. The van der Waals surface area contributed by atoms with E-state index < -0.39 is 11.8 Å². The lowest BCUT2D eigenvalue weighted by Gasteiger charge is -2.10. The van der Waals surface area contributed by atoms with Crippen LogP contribution in [-0.4, -0.2) is 18.4 Å². The molecule has 0 saturated carbocycles. The molecule has 0 aliphatic heterocycles. The van der Waals surface area contributed by atoms with Crippen molar-refractivity contribution in [3.63, 3.8) is 0 Å². The lowest BCUT2D eigenvalue weighted by atomic mass is 10.2. The first kappa shape index (κ1) is 17.3. The number of rotatable bonds is 4. The van der Waals surface area contributed by atoms with Gasteiger partial charge in [-0.3, -0.25) is 20.4 Å². The maximum atomic E-state index is 11.9. The molecule has 2 N–H and O–H groups in total. The third-order valence-electron chi connectivity index (χ3n) is 2.93. The molecule has 0 saturated heterocycles. The summed E-state index contributed by atoms with van der Waals surface area (Å²) in [7, 11) is 0. The molecule has 0 aromatic heterocycles. The maximum Gasteiger partial charge on any atom is 0.276 e.